The van der Waals surface area contributed by atoms with Gasteiger partial charge in [-0.3, -0.25) is 0 Å². The number of anilines is 6. The Bertz CT molecular complexity index is 2200. The summed E-state index contributed by atoms with van der Waals surface area (Å²) in [7, 11) is 0. The van der Waals surface area contributed by atoms with Crippen LogP contribution in [0.3, 0.4) is 0 Å². The summed E-state index contributed by atoms with van der Waals surface area (Å²) in [6.45, 7) is 7.05. The fraction of sp³-hybridized carbons (Fsp3) is 0.154. The molecule has 0 atom stereocenters. The minimum Gasteiger partial charge on any atom is -0.489 e. The van der Waals surface area contributed by atoms with Crippen LogP contribution in [-0.2, 0) is 19.8 Å². The molecule has 57 heavy (non-hydrogen) atoms. The van der Waals surface area contributed by atoms with Crippen LogP contribution in [0.4, 0.5) is 35.7 Å². The number of aromatic nitrogens is 9. The molecular formula is C39H39N15O3. The molecule has 288 valence electrons. The highest BCUT2D eigenvalue weighted by Gasteiger charge is 2.20. The maximum absolute atomic E-state index is 6.36. The second-order valence-corrected chi connectivity index (χ2v) is 12.9. The van der Waals surface area contributed by atoms with Crippen molar-refractivity contribution in [2.45, 2.75) is 40.6 Å². The largest absolute Gasteiger partial charge is 0.489 e. The molecule has 0 saturated carbocycles. The molecule has 0 bridgehead atoms. The van der Waals surface area contributed by atoms with E-state index in [-0.39, 0.29) is 55.5 Å². The Morgan fingerprint density at radius 3 is 0.754 bits per heavy atom. The standard InChI is InChI=1S/C39H39N15O3/c1-19-28(16-55-25-10-4-22(5-11-25)31-46-34(40)52-35(41)47-31)20(2)30(18-57-27-14-8-24(9-15-27)33-50-38(44)54-39(45)51-33)21(3)29(19)17-56-26-12-6-23(7-13-26)32-48-36(42)53-37(43)49-32/h4-15H,16-18H2,1-3H3,(H4,40,41,46,47,52)(H4,42,43,48,49,53)(H4,44,45,50,51,54). The van der Waals surface area contributed by atoms with Crippen molar-refractivity contribution >= 4 is 35.7 Å². The second-order valence-electron chi connectivity index (χ2n) is 12.9. The molecule has 0 saturated heterocycles. The fourth-order valence-electron chi connectivity index (χ4n) is 6.22. The Morgan fingerprint density at radius 2 is 0.544 bits per heavy atom. The Hall–Kier alpha value is -7.89. The highest BCUT2D eigenvalue weighted by atomic mass is 16.5. The van der Waals surface area contributed by atoms with Crippen LogP contribution in [0.1, 0.15) is 33.4 Å². The third kappa shape index (κ3) is 8.59. The zero-order valence-electron chi connectivity index (χ0n) is 31.3. The van der Waals surface area contributed by atoms with Gasteiger partial charge in [-0.25, -0.2) is 0 Å². The molecule has 0 radical (unpaired) electrons. The van der Waals surface area contributed by atoms with Gasteiger partial charge in [-0.05, 0) is 127 Å². The topological polar surface area (TPSA) is 300 Å². The van der Waals surface area contributed by atoms with E-state index in [0.29, 0.717) is 51.4 Å². The van der Waals surface area contributed by atoms with Crippen LogP contribution in [-0.4, -0.2) is 44.9 Å². The summed E-state index contributed by atoms with van der Waals surface area (Å²) in [5.41, 5.74) is 42.9. The Balaban J connectivity index is 1.14. The Morgan fingerprint density at radius 1 is 0.333 bits per heavy atom. The summed E-state index contributed by atoms with van der Waals surface area (Å²) in [6, 6.07) is 22.0. The normalized spacial score (nSPS) is 11.0. The SMILES string of the molecule is Cc1c(COc2ccc(-c3nc(N)nc(N)n3)cc2)c(C)c(COc2ccc(-c3nc(N)nc(N)n3)cc2)c(C)c1COc1ccc(-c2nc(N)nc(N)n2)cc1. The number of nitrogen functional groups attached to an aromatic ring is 6. The van der Waals surface area contributed by atoms with Gasteiger partial charge >= 0.3 is 0 Å². The molecule has 3 heterocycles. The molecule has 7 aromatic rings. The zero-order valence-corrected chi connectivity index (χ0v) is 31.3. The summed E-state index contributed by atoms with van der Waals surface area (Å²) in [5, 5.41) is 0. The van der Waals surface area contributed by atoms with Crippen molar-refractivity contribution in [1.29, 1.82) is 0 Å². The minimum atomic E-state index is 0.0447. The number of hydrogen-bond acceptors (Lipinski definition) is 18. The van der Waals surface area contributed by atoms with Crippen molar-refractivity contribution in [3.8, 4) is 51.4 Å². The summed E-state index contributed by atoms with van der Waals surface area (Å²) in [4.78, 5) is 36.6. The van der Waals surface area contributed by atoms with E-state index in [9.17, 15) is 0 Å². The smallest absolute Gasteiger partial charge is 0.225 e. The zero-order chi connectivity index (χ0) is 40.2. The van der Waals surface area contributed by atoms with E-state index >= 15 is 0 Å². The molecule has 0 spiro atoms. The molecule has 0 fully saturated rings. The van der Waals surface area contributed by atoms with Gasteiger partial charge in [-0.15, -0.1) is 0 Å². The van der Waals surface area contributed by atoms with Crippen molar-refractivity contribution in [3.63, 3.8) is 0 Å². The van der Waals surface area contributed by atoms with Crippen molar-refractivity contribution < 1.29 is 14.2 Å². The van der Waals surface area contributed by atoms with Gasteiger partial charge in [-0.2, -0.15) is 44.9 Å². The van der Waals surface area contributed by atoms with E-state index in [2.05, 4.69) is 65.6 Å². The number of ether oxygens (including phenoxy) is 3. The summed E-state index contributed by atoms with van der Waals surface area (Å²) >= 11 is 0. The molecule has 3 aromatic heterocycles. The average Bonchev–Trinajstić information content (AvgIpc) is 3.17. The van der Waals surface area contributed by atoms with Crippen LogP contribution in [0.15, 0.2) is 72.8 Å². The van der Waals surface area contributed by atoms with E-state index in [4.69, 9.17) is 48.6 Å². The van der Waals surface area contributed by atoms with Crippen molar-refractivity contribution in [3.05, 3.63) is 106 Å². The van der Waals surface area contributed by atoms with E-state index in [1.165, 1.54) is 0 Å². The van der Waals surface area contributed by atoms with Gasteiger partial charge < -0.3 is 48.6 Å². The van der Waals surface area contributed by atoms with Crippen molar-refractivity contribution in [1.82, 2.24) is 44.9 Å². The fourth-order valence-corrected chi connectivity index (χ4v) is 6.22. The Labute approximate surface area is 326 Å². The molecule has 0 aliphatic carbocycles. The molecular weight excluding hydrogens is 727 g/mol. The second kappa shape index (κ2) is 15.8. The van der Waals surface area contributed by atoms with E-state index in [0.717, 1.165) is 33.4 Å². The third-order valence-electron chi connectivity index (χ3n) is 9.21. The predicted molar refractivity (Wildman–Crippen MR) is 216 cm³/mol. The monoisotopic (exact) mass is 765 g/mol. The van der Waals surface area contributed by atoms with Gasteiger partial charge in [0.2, 0.25) is 35.7 Å². The minimum absolute atomic E-state index is 0.0447. The van der Waals surface area contributed by atoms with E-state index in [1.807, 2.05) is 72.8 Å². The molecule has 0 aliphatic heterocycles. The Kier molecular flexibility index (Phi) is 10.4. The summed E-state index contributed by atoms with van der Waals surface area (Å²) in [5.74, 6) is 3.32. The van der Waals surface area contributed by atoms with Gasteiger partial charge in [0, 0.05) is 16.7 Å². The molecule has 4 aromatic carbocycles. The molecule has 18 nitrogen and oxygen atoms in total. The van der Waals surface area contributed by atoms with Gasteiger partial charge in [0.05, 0.1) is 0 Å². The average molecular weight is 766 g/mol. The first-order chi connectivity index (χ1) is 27.4. The van der Waals surface area contributed by atoms with Gasteiger partial charge in [0.1, 0.15) is 37.1 Å². The number of rotatable bonds is 12. The predicted octanol–water partition coefficient (Wildman–Crippen LogP) is 4.40. The van der Waals surface area contributed by atoms with Gasteiger partial charge in [0.25, 0.3) is 0 Å². The molecule has 12 N–H and O–H groups in total. The molecule has 0 amide bonds. The van der Waals surface area contributed by atoms with Gasteiger partial charge in [0.15, 0.2) is 17.5 Å². The summed E-state index contributed by atoms with van der Waals surface area (Å²) < 4.78 is 19.1. The first-order valence-corrected chi connectivity index (χ1v) is 17.5. The number of benzene rings is 4. The number of nitrogens with two attached hydrogens (primary N) is 6. The molecule has 0 aliphatic rings. The number of nitrogens with zero attached hydrogens (tertiary/aromatic N) is 9. The maximum Gasteiger partial charge on any atom is 0.225 e. The van der Waals surface area contributed by atoms with Crippen LogP contribution in [0.25, 0.3) is 34.2 Å². The lowest BCUT2D eigenvalue weighted by atomic mass is 9.89. The van der Waals surface area contributed by atoms with Gasteiger partial charge in [-0.1, -0.05) is 0 Å². The maximum atomic E-state index is 6.36. The first kappa shape index (κ1) is 37.4. The summed E-state index contributed by atoms with van der Waals surface area (Å²) in [6.07, 6.45) is 0. The van der Waals surface area contributed by atoms with Crippen LogP contribution in [0.5, 0.6) is 17.2 Å². The number of hydrogen-bond donors (Lipinski definition) is 6. The van der Waals surface area contributed by atoms with E-state index < -0.39 is 0 Å². The lowest BCUT2D eigenvalue weighted by Gasteiger charge is -2.23. The van der Waals surface area contributed by atoms with Crippen molar-refractivity contribution in [2.75, 3.05) is 34.4 Å². The van der Waals surface area contributed by atoms with Crippen LogP contribution in [0, 0.1) is 20.8 Å². The van der Waals surface area contributed by atoms with Crippen LogP contribution in [0.2, 0.25) is 0 Å². The lowest BCUT2D eigenvalue weighted by molar-refractivity contribution is 0.290. The van der Waals surface area contributed by atoms with E-state index in [1.54, 1.807) is 0 Å². The molecule has 7 rings (SSSR count). The quantitative estimate of drug-likeness (QED) is 0.100. The lowest BCUT2D eigenvalue weighted by Crippen LogP contribution is -2.13. The highest BCUT2D eigenvalue weighted by molar-refractivity contribution is 5.61. The third-order valence-corrected chi connectivity index (χ3v) is 9.21. The highest BCUT2D eigenvalue weighted by Crippen LogP contribution is 2.32. The molecule has 0 unspecified atom stereocenters. The van der Waals surface area contributed by atoms with Crippen molar-refractivity contribution in [2.24, 2.45) is 0 Å². The molecule has 18 heteroatoms. The first-order valence-electron chi connectivity index (χ1n) is 17.5. The van der Waals surface area contributed by atoms with Crippen LogP contribution < -0.4 is 48.6 Å². The van der Waals surface area contributed by atoms with Crippen LogP contribution >= 0.6 is 0 Å².